The molecule has 0 aliphatic rings. The third-order valence-corrected chi connectivity index (χ3v) is 1.70. The second-order valence-electron chi connectivity index (χ2n) is 2.64. The maximum atomic E-state index is 3.88. The molecule has 0 unspecified atom stereocenters. The van der Waals surface area contributed by atoms with Crippen molar-refractivity contribution in [1.82, 2.24) is 5.32 Å². The topological polar surface area (TPSA) is 24.4 Å². The Kier molecular flexibility index (Phi) is 5.53. The van der Waals surface area contributed by atoms with Gasteiger partial charge in [0.05, 0.1) is 0 Å². The molecular formula is C9H18N2. The minimum absolute atomic E-state index is 0.929. The Hall–Kier alpha value is -0.790. The van der Waals surface area contributed by atoms with E-state index in [1.165, 1.54) is 18.4 Å². The van der Waals surface area contributed by atoms with Gasteiger partial charge in [-0.3, -0.25) is 0 Å². The van der Waals surface area contributed by atoms with Crippen molar-refractivity contribution in [1.29, 1.82) is 0 Å². The third-order valence-electron chi connectivity index (χ3n) is 1.70. The van der Waals surface area contributed by atoms with Crippen LogP contribution in [0.25, 0.3) is 0 Å². The highest BCUT2D eigenvalue weighted by molar-refractivity contribution is 5.29. The lowest BCUT2D eigenvalue weighted by molar-refractivity contribution is 0.766. The van der Waals surface area contributed by atoms with Gasteiger partial charge in [0, 0.05) is 7.05 Å². The summed E-state index contributed by atoms with van der Waals surface area (Å²) in [4.78, 5) is 3.88. The van der Waals surface area contributed by atoms with E-state index in [1.807, 2.05) is 7.05 Å². The van der Waals surface area contributed by atoms with Crippen LogP contribution in [0.15, 0.2) is 16.4 Å². The second-order valence-corrected chi connectivity index (χ2v) is 2.64. The summed E-state index contributed by atoms with van der Waals surface area (Å²) < 4.78 is 0. The summed E-state index contributed by atoms with van der Waals surface area (Å²) in [5.41, 5.74) is 1.30. The van der Waals surface area contributed by atoms with Gasteiger partial charge < -0.3 is 5.32 Å². The van der Waals surface area contributed by atoms with Crippen molar-refractivity contribution in [3.8, 4) is 0 Å². The van der Waals surface area contributed by atoms with Crippen LogP contribution >= 0.6 is 0 Å². The van der Waals surface area contributed by atoms with Crippen LogP contribution in [0.1, 0.15) is 33.1 Å². The molecule has 0 aliphatic heterocycles. The maximum Gasteiger partial charge on any atom is 0.123 e. The minimum atomic E-state index is 0.929. The van der Waals surface area contributed by atoms with E-state index < -0.39 is 0 Å². The number of allylic oxidation sites excluding steroid dienone is 1. The smallest absolute Gasteiger partial charge is 0.123 e. The first-order valence-electron chi connectivity index (χ1n) is 4.10. The van der Waals surface area contributed by atoms with E-state index in [4.69, 9.17) is 0 Å². The Balaban J connectivity index is 4.00. The van der Waals surface area contributed by atoms with Crippen LogP contribution in [0, 0.1) is 0 Å². The Morgan fingerprint density at radius 3 is 2.55 bits per heavy atom. The Morgan fingerprint density at radius 2 is 2.18 bits per heavy atom. The average Bonchev–Trinajstić information content (AvgIpc) is 2.03. The van der Waals surface area contributed by atoms with E-state index >= 15 is 0 Å². The Morgan fingerprint density at radius 1 is 1.55 bits per heavy atom. The number of hydrogen-bond donors (Lipinski definition) is 1. The van der Waals surface area contributed by atoms with Crippen LogP contribution in [0.4, 0.5) is 0 Å². The molecule has 0 spiro atoms. The molecule has 0 aromatic heterocycles. The molecule has 0 saturated heterocycles. The van der Waals surface area contributed by atoms with Gasteiger partial charge in [-0.1, -0.05) is 13.3 Å². The van der Waals surface area contributed by atoms with E-state index in [0.717, 1.165) is 12.2 Å². The Bertz CT molecular complexity index is 148. The van der Waals surface area contributed by atoms with Gasteiger partial charge in [-0.05, 0) is 32.1 Å². The number of hydrogen-bond acceptors (Lipinski definition) is 2. The summed E-state index contributed by atoms with van der Waals surface area (Å²) in [5, 5.41) is 3.01. The number of rotatable bonds is 5. The number of nitrogens with one attached hydrogen (secondary N) is 1. The van der Waals surface area contributed by atoms with Gasteiger partial charge in [-0.15, -0.1) is 0 Å². The van der Waals surface area contributed by atoms with Crippen molar-refractivity contribution in [2.24, 2.45) is 4.99 Å². The predicted octanol–water partition coefficient (Wildman–Crippen LogP) is 2.33. The van der Waals surface area contributed by atoms with Crippen LogP contribution < -0.4 is 5.32 Å². The first-order valence-corrected chi connectivity index (χ1v) is 4.10. The summed E-state index contributed by atoms with van der Waals surface area (Å²) in [6.45, 7) is 7.77. The first-order chi connectivity index (χ1) is 5.26. The molecule has 0 fully saturated rings. The molecule has 64 valence electrons. The van der Waals surface area contributed by atoms with Crippen molar-refractivity contribution in [3.05, 3.63) is 11.4 Å². The van der Waals surface area contributed by atoms with Gasteiger partial charge >= 0.3 is 0 Å². The summed E-state index contributed by atoms with van der Waals surface area (Å²) in [6.07, 6.45) is 3.57. The molecular weight excluding hydrogens is 136 g/mol. The fourth-order valence-electron chi connectivity index (χ4n) is 0.988. The fraction of sp³-hybridized carbons (Fsp3) is 0.667. The molecule has 0 aromatic rings. The molecule has 2 nitrogen and oxygen atoms in total. The molecule has 0 heterocycles. The van der Waals surface area contributed by atoms with Gasteiger partial charge in [0.2, 0.25) is 0 Å². The number of aliphatic imine (C=N–C) groups is 1. The molecule has 0 saturated carbocycles. The summed E-state index contributed by atoms with van der Waals surface area (Å²) in [7, 11) is 1.87. The molecule has 0 rings (SSSR count). The zero-order chi connectivity index (χ0) is 8.69. The van der Waals surface area contributed by atoms with Crippen LogP contribution in [-0.4, -0.2) is 13.8 Å². The highest BCUT2D eigenvalue weighted by Gasteiger charge is 1.95. The highest BCUT2D eigenvalue weighted by atomic mass is 15.0. The molecule has 11 heavy (non-hydrogen) atoms. The van der Waals surface area contributed by atoms with Crippen LogP contribution in [0.5, 0.6) is 0 Å². The van der Waals surface area contributed by atoms with E-state index in [2.05, 4.69) is 30.9 Å². The van der Waals surface area contributed by atoms with E-state index in [9.17, 15) is 0 Å². The number of unbranched alkanes of at least 4 members (excludes halogenated alkanes) is 1. The van der Waals surface area contributed by atoms with Crippen LogP contribution in [-0.2, 0) is 0 Å². The lowest BCUT2D eigenvalue weighted by atomic mass is 10.1. The molecule has 0 bridgehead atoms. The molecule has 0 aliphatic carbocycles. The average molecular weight is 154 g/mol. The van der Waals surface area contributed by atoms with Crippen molar-refractivity contribution in [2.45, 2.75) is 33.1 Å². The van der Waals surface area contributed by atoms with Crippen molar-refractivity contribution >= 4 is 6.72 Å². The maximum absolute atomic E-state index is 3.88. The van der Waals surface area contributed by atoms with E-state index in [0.29, 0.717) is 0 Å². The van der Waals surface area contributed by atoms with Crippen molar-refractivity contribution in [3.63, 3.8) is 0 Å². The summed E-state index contributed by atoms with van der Waals surface area (Å²) in [6, 6.07) is 0. The lowest BCUT2D eigenvalue weighted by Gasteiger charge is -2.05. The molecule has 2 heteroatoms. The predicted molar refractivity (Wildman–Crippen MR) is 50.8 cm³/mol. The van der Waals surface area contributed by atoms with Gasteiger partial charge in [-0.25, -0.2) is 4.99 Å². The van der Waals surface area contributed by atoms with E-state index in [1.54, 1.807) is 0 Å². The summed E-state index contributed by atoms with van der Waals surface area (Å²) in [5.74, 6) is 0.929. The molecule has 0 aromatic carbocycles. The minimum Gasteiger partial charge on any atom is -0.373 e. The standard InChI is InChI=1S/C9H18N2/c1-5-6-7-8(2)9(10-3)11-4/h11H,3,5-7H2,1-2,4H3/b9-8+. The van der Waals surface area contributed by atoms with Gasteiger partial charge in [-0.2, -0.15) is 0 Å². The Labute approximate surface area is 69.4 Å². The normalized spacial score (nSPS) is 12.3. The number of nitrogens with zero attached hydrogens (tertiary/aromatic N) is 1. The third kappa shape index (κ3) is 3.81. The van der Waals surface area contributed by atoms with Crippen molar-refractivity contribution < 1.29 is 0 Å². The van der Waals surface area contributed by atoms with Gasteiger partial charge in [0.1, 0.15) is 5.82 Å². The SMILES string of the molecule is C=N/C(NC)=C(/C)CCCC. The second kappa shape index (κ2) is 5.96. The highest BCUT2D eigenvalue weighted by Crippen LogP contribution is 2.09. The lowest BCUT2D eigenvalue weighted by Crippen LogP contribution is -2.05. The van der Waals surface area contributed by atoms with Gasteiger partial charge in [0.15, 0.2) is 0 Å². The largest absolute Gasteiger partial charge is 0.373 e. The molecule has 1 N–H and O–H groups in total. The molecule has 0 amide bonds. The zero-order valence-electron chi connectivity index (χ0n) is 7.78. The zero-order valence-corrected chi connectivity index (χ0v) is 7.78. The quantitative estimate of drug-likeness (QED) is 0.604. The molecule has 0 radical (unpaired) electrons. The monoisotopic (exact) mass is 154 g/mol. The summed E-state index contributed by atoms with van der Waals surface area (Å²) >= 11 is 0. The van der Waals surface area contributed by atoms with Crippen LogP contribution in [0.3, 0.4) is 0 Å². The fourth-order valence-corrected chi connectivity index (χ4v) is 0.988. The van der Waals surface area contributed by atoms with E-state index in [-0.39, 0.29) is 0 Å². The van der Waals surface area contributed by atoms with Crippen molar-refractivity contribution in [2.75, 3.05) is 7.05 Å². The first kappa shape index (κ1) is 10.2. The molecule has 0 atom stereocenters. The van der Waals surface area contributed by atoms with Crippen LogP contribution in [0.2, 0.25) is 0 Å². The van der Waals surface area contributed by atoms with Gasteiger partial charge in [0.25, 0.3) is 0 Å².